The minimum Gasteiger partial charge on any atom is -0.508 e. The first-order valence-corrected chi connectivity index (χ1v) is 10.4. The van der Waals surface area contributed by atoms with Gasteiger partial charge in [0.05, 0.1) is 11.0 Å². The predicted molar refractivity (Wildman–Crippen MR) is 123 cm³/mol. The van der Waals surface area contributed by atoms with Crippen molar-refractivity contribution in [1.29, 1.82) is 0 Å². The number of benzene rings is 3. The van der Waals surface area contributed by atoms with Crippen LogP contribution in [-0.2, 0) is 0 Å². The monoisotopic (exact) mass is 428 g/mol. The van der Waals surface area contributed by atoms with Crippen molar-refractivity contribution >= 4 is 22.8 Å². The van der Waals surface area contributed by atoms with Crippen LogP contribution >= 0.6 is 0 Å². The number of fused-ring (bicyclic) bond motifs is 1. The molecule has 0 bridgehead atoms. The molecular weight excluding hydrogens is 404 g/mol. The standard InChI is InChI=1S/C25H24N4O3/c1-17-28-22-16-19(11-12-23(22)29(17)20-8-3-2-4-9-20)25(32)27-14-6-13-26-24(31)18-7-5-10-21(30)15-18/h2-5,7-12,15-16,30H,6,13-14H2,1H3,(H,26,31)(H,27,32). The quantitative estimate of drug-likeness (QED) is 0.392. The normalized spacial score (nSPS) is 10.8. The Bertz CT molecular complexity index is 1260. The summed E-state index contributed by atoms with van der Waals surface area (Å²) in [7, 11) is 0. The molecule has 3 aromatic carbocycles. The number of aromatic hydroxyl groups is 1. The van der Waals surface area contributed by atoms with Crippen molar-refractivity contribution in [2.45, 2.75) is 13.3 Å². The maximum absolute atomic E-state index is 12.5. The fourth-order valence-corrected chi connectivity index (χ4v) is 3.59. The van der Waals surface area contributed by atoms with Crippen molar-refractivity contribution in [1.82, 2.24) is 20.2 Å². The molecule has 0 aliphatic heterocycles. The van der Waals surface area contributed by atoms with Crippen LogP contribution < -0.4 is 10.6 Å². The van der Waals surface area contributed by atoms with Crippen LogP contribution in [-0.4, -0.2) is 39.6 Å². The molecule has 32 heavy (non-hydrogen) atoms. The van der Waals surface area contributed by atoms with Gasteiger partial charge >= 0.3 is 0 Å². The molecule has 1 aromatic heterocycles. The Hall–Kier alpha value is -4.13. The van der Waals surface area contributed by atoms with Gasteiger partial charge in [-0.25, -0.2) is 4.98 Å². The van der Waals surface area contributed by atoms with Crippen LogP contribution in [0.5, 0.6) is 5.75 Å². The number of hydrogen-bond donors (Lipinski definition) is 3. The van der Waals surface area contributed by atoms with Gasteiger partial charge < -0.3 is 15.7 Å². The van der Waals surface area contributed by atoms with Gasteiger partial charge in [0.15, 0.2) is 0 Å². The zero-order valence-electron chi connectivity index (χ0n) is 17.7. The van der Waals surface area contributed by atoms with Gasteiger partial charge in [-0.3, -0.25) is 14.2 Å². The summed E-state index contributed by atoms with van der Waals surface area (Å²) in [5.74, 6) is 0.456. The Kier molecular flexibility index (Phi) is 6.17. The third kappa shape index (κ3) is 4.62. The van der Waals surface area contributed by atoms with Gasteiger partial charge in [-0.2, -0.15) is 0 Å². The fourth-order valence-electron chi connectivity index (χ4n) is 3.59. The van der Waals surface area contributed by atoms with E-state index in [-0.39, 0.29) is 17.6 Å². The van der Waals surface area contributed by atoms with Gasteiger partial charge in [-0.15, -0.1) is 0 Å². The lowest BCUT2D eigenvalue weighted by Crippen LogP contribution is -2.29. The molecule has 1 heterocycles. The summed E-state index contributed by atoms with van der Waals surface area (Å²) in [6.45, 7) is 2.78. The van der Waals surface area contributed by atoms with E-state index in [0.717, 1.165) is 22.5 Å². The number of aryl methyl sites for hydroxylation is 1. The minimum atomic E-state index is -0.262. The van der Waals surface area contributed by atoms with Crippen LogP contribution in [0.15, 0.2) is 72.8 Å². The molecule has 0 radical (unpaired) electrons. The number of imidazole rings is 1. The van der Waals surface area contributed by atoms with E-state index >= 15 is 0 Å². The molecule has 0 spiro atoms. The first-order valence-electron chi connectivity index (χ1n) is 10.4. The first-order chi connectivity index (χ1) is 15.5. The molecule has 0 unspecified atom stereocenters. The highest BCUT2D eigenvalue weighted by Gasteiger charge is 2.12. The molecule has 0 aliphatic rings. The second-order valence-electron chi connectivity index (χ2n) is 7.45. The van der Waals surface area contributed by atoms with Crippen molar-refractivity contribution in [3.63, 3.8) is 0 Å². The molecule has 7 heteroatoms. The largest absolute Gasteiger partial charge is 0.508 e. The maximum atomic E-state index is 12.5. The molecule has 7 nitrogen and oxygen atoms in total. The van der Waals surface area contributed by atoms with Crippen molar-refractivity contribution in [2.24, 2.45) is 0 Å². The molecule has 0 aliphatic carbocycles. The zero-order chi connectivity index (χ0) is 22.5. The third-order valence-corrected chi connectivity index (χ3v) is 5.13. The van der Waals surface area contributed by atoms with E-state index in [1.54, 1.807) is 24.3 Å². The molecule has 0 saturated heterocycles. The summed E-state index contributed by atoms with van der Waals surface area (Å²) in [6.07, 6.45) is 0.584. The highest BCUT2D eigenvalue weighted by atomic mass is 16.3. The molecule has 0 fully saturated rings. The van der Waals surface area contributed by atoms with Crippen LogP contribution in [0, 0.1) is 6.92 Å². The van der Waals surface area contributed by atoms with Gasteiger partial charge in [-0.1, -0.05) is 24.3 Å². The Morgan fingerprint density at radius 2 is 1.56 bits per heavy atom. The van der Waals surface area contributed by atoms with Crippen LogP contribution in [0.3, 0.4) is 0 Å². The average molecular weight is 428 g/mol. The number of amides is 2. The second-order valence-corrected chi connectivity index (χ2v) is 7.45. The highest BCUT2D eigenvalue weighted by molar-refractivity contribution is 5.97. The second kappa shape index (κ2) is 9.34. The number of para-hydroxylation sites is 1. The molecular formula is C25H24N4O3. The number of nitrogens with zero attached hydrogens (tertiary/aromatic N) is 2. The van der Waals surface area contributed by atoms with Gasteiger partial charge in [0.2, 0.25) is 0 Å². The Labute approximate surface area is 185 Å². The summed E-state index contributed by atoms with van der Waals surface area (Å²) in [6, 6.07) is 21.6. The Morgan fingerprint density at radius 1 is 0.875 bits per heavy atom. The summed E-state index contributed by atoms with van der Waals surface area (Å²) in [5, 5.41) is 15.1. The number of phenolic OH excluding ortho intramolecular Hbond substituents is 1. The SMILES string of the molecule is Cc1nc2cc(C(=O)NCCCNC(=O)c3cccc(O)c3)ccc2n1-c1ccccc1. The molecule has 2 amide bonds. The fraction of sp³-hybridized carbons (Fsp3) is 0.160. The van der Waals surface area contributed by atoms with E-state index in [1.165, 1.54) is 12.1 Å². The molecule has 4 rings (SSSR count). The number of hydrogen-bond acceptors (Lipinski definition) is 4. The van der Waals surface area contributed by atoms with Crippen LogP contribution in [0.25, 0.3) is 16.7 Å². The Morgan fingerprint density at radius 3 is 2.25 bits per heavy atom. The number of phenols is 1. The summed E-state index contributed by atoms with van der Waals surface area (Å²) in [5.41, 5.74) is 3.67. The van der Waals surface area contributed by atoms with Gasteiger partial charge in [-0.05, 0) is 61.9 Å². The third-order valence-electron chi connectivity index (χ3n) is 5.13. The van der Waals surface area contributed by atoms with Crippen molar-refractivity contribution in [3.05, 3.63) is 89.7 Å². The van der Waals surface area contributed by atoms with Crippen LogP contribution in [0.1, 0.15) is 33.0 Å². The zero-order valence-corrected chi connectivity index (χ0v) is 17.7. The highest BCUT2D eigenvalue weighted by Crippen LogP contribution is 2.22. The van der Waals surface area contributed by atoms with E-state index in [0.29, 0.717) is 30.6 Å². The first kappa shape index (κ1) is 21.1. The van der Waals surface area contributed by atoms with Gasteiger partial charge in [0.25, 0.3) is 11.8 Å². The lowest BCUT2D eigenvalue weighted by molar-refractivity contribution is 0.0951. The van der Waals surface area contributed by atoms with Gasteiger partial charge in [0.1, 0.15) is 11.6 Å². The number of carbonyl (C=O) groups is 2. The predicted octanol–water partition coefficient (Wildman–Crippen LogP) is 3.59. The molecule has 0 saturated carbocycles. The number of aromatic nitrogens is 2. The average Bonchev–Trinajstić information content (AvgIpc) is 3.14. The van der Waals surface area contributed by atoms with E-state index in [1.807, 2.05) is 43.3 Å². The van der Waals surface area contributed by atoms with E-state index in [9.17, 15) is 14.7 Å². The number of carbonyl (C=O) groups excluding carboxylic acids is 2. The molecule has 0 atom stereocenters. The summed E-state index contributed by atoms with van der Waals surface area (Å²) < 4.78 is 2.06. The van der Waals surface area contributed by atoms with E-state index < -0.39 is 0 Å². The van der Waals surface area contributed by atoms with Crippen molar-refractivity contribution in [2.75, 3.05) is 13.1 Å². The molecule has 162 valence electrons. The Balaban J connectivity index is 1.33. The van der Waals surface area contributed by atoms with E-state index in [4.69, 9.17) is 0 Å². The number of rotatable bonds is 7. The van der Waals surface area contributed by atoms with Crippen LogP contribution in [0.2, 0.25) is 0 Å². The maximum Gasteiger partial charge on any atom is 0.251 e. The summed E-state index contributed by atoms with van der Waals surface area (Å²) >= 11 is 0. The van der Waals surface area contributed by atoms with Crippen molar-refractivity contribution in [3.8, 4) is 11.4 Å². The smallest absolute Gasteiger partial charge is 0.251 e. The molecule has 3 N–H and O–H groups in total. The minimum absolute atomic E-state index is 0.0469. The summed E-state index contributed by atoms with van der Waals surface area (Å²) in [4.78, 5) is 29.2. The lowest BCUT2D eigenvalue weighted by Gasteiger charge is -2.08. The topological polar surface area (TPSA) is 96.2 Å². The lowest BCUT2D eigenvalue weighted by atomic mass is 10.2. The molecule has 4 aromatic rings. The van der Waals surface area contributed by atoms with E-state index in [2.05, 4.69) is 20.2 Å². The van der Waals surface area contributed by atoms with Crippen molar-refractivity contribution < 1.29 is 14.7 Å². The number of nitrogens with one attached hydrogen (secondary N) is 2. The van der Waals surface area contributed by atoms with Crippen LogP contribution in [0.4, 0.5) is 0 Å². The van der Waals surface area contributed by atoms with Gasteiger partial charge in [0, 0.05) is 29.9 Å².